The van der Waals surface area contributed by atoms with Crippen LogP contribution in [0, 0.1) is 0 Å². The van der Waals surface area contributed by atoms with Gasteiger partial charge in [0.25, 0.3) is 0 Å². The molecule has 0 aromatic rings. The third-order valence-electron chi connectivity index (χ3n) is 3.90. The van der Waals surface area contributed by atoms with Crippen molar-refractivity contribution in [3.63, 3.8) is 0 Å². The van der Waals surface area contributed by atoms with Crippen molar-refractivity contribution in [2.24, 2.45) is 11.5 Å². The Hall–Kier alpha value is -2.68. The van der Waals surface area contributed by atoms with Crippen molar-refractivity contribution in [3.8, 4) is 0 Å². The van der Waals surface area contributed by atoms with Crippen LogP contribution in [0.2, 0.25) is 0 Å². The minimum atomic E-state index is -0.521. The molecule has 0 saturated carbocycles. The molecule has 0 spiro atoms. The van der Waals surface area contributed by atoms with Crippen LogP contribution in [0.5, 0.6) is 0 Å². The Morgan fingerprint density at radius 1 is 0.606 bits per heavy atom. The van der Waals surface area contributed by atoms with Crippen molar-refractivity contribution >= 4 is 24.0 Å². The fraction of sp³-hybridized carbons (Fsp3) is 0.789. The Balaban J connectivity index is 0. The summed E-state index contributed by atoms with van der Waals surface area (Å²) in [7, 11) is 6.05. The highest BCUT2D eigenvalue weighted by Gasteiger charge is 2.14. The summed E-state index contributed by atoms with van der Waals surface area (Å²) in [5.41, 5.74) is 11.1. The SMILES string of the molecule is CNC(=O)C(N)CCCC(N)C(=O)NC.CNC(=O)OCCOCCOCCOC(=O)NC. The molecular formula is C19H40N6O8. The largest absolute Gasteiger partial charge is 0.447 e. The van der Waals surface area contributed by atoms with Crippen LogP contribution in [0.15, 0.2) is 0 Å². The highest BCUT2D eigenvalue weighted by atomic mass is 16.6. The van der Waals surface area contributed by atoms with Gasteiger partial charge in [-0.3, -0.25) is 9.59 Å². The second-order valence-corrected chi connectivity index (χ2v) is 6.37. The Labute approximate surface area is 194 Å². The van der Waals surface area contributed by atoms with Crippen LogP contribution in [0.25, 0.3) is 0 Å². The molecule has 33 heavy (non-hydrogen) atoms. The molecule has 0 aliphatic carbocycles. The number of nitrogens with two attached hydrogens (primary N) is 2. The van der Waals surface area contributed by atoms with Crippen molar-refractivity contribution in [1.29, 1.82) is 0 Å². The minimum Gasteiger partial charge on any atom is -0.447 e. The van der Waals surface area contributed by atoms with E-state index >= 15 is 0 Å². The zero-order valence-electron chi connectivity index (χ0n) is 19.9. The van der Waals surface area contributed by atoms with Gasteiger partial charge in [-0.25, -0.2) is 9.59 Å². The molecule has 194 valence electrons. The van der Waals surface area contributed by atoms with Gasteiger partial charge in [0.15, 0.2) is 0 Å². The first kappa shape index (κ1) is 32.5. The summed E-state index contributed by atoms with van der Waals surface area (Å²) in [5, 5.41) is 9.56. The highest BCUT2D eigenvalue weighted by Crippen LogP contribution is 2.02. The van der Waals surface area contributed by atoms with Crippen molar-refractivity contribution < 1.29 is 38.1 Å². The predicted octanol–water partition coefficient (Wildman–Crippen LogP) is -1.97. The number of amides is 4. The lowest BCUT2D eigenvalue weighted by Gasteiger charge is -2.12. The van der Waals surface area contributed by atoms with Crippen LogP contribution in [-0.4, -0.2) is 104 Å². The molecule has 0 bridgehead atoms. The number of carbonyl (C=O) groups is 4. The average Bonchev–Trinajstić information content (AvgIpc) is 2.83. The van der Waals surface area contributed by atoms with E-state index in [-0.39, 0.29) is 25.0 Å². The van der Waals surface area contributed by atoms with E-state index in [0.29, 0.717) is 45.7 Å². The van der Waals surface area contributed by atoms with Gasteiger partial charge in [-0.1, -0.05) is 0 Å². The maximum absolute atomic E-state index is 11.0. The molecule has 14 heteroatoms. The zero-order chi connectivity index (χ0) is 25.5. The fourth-order valence-corrected chi connectivity index (χ4v) is 2.04. The van der Waals surface area contributed by atoms with E-state index in [9.17, 15) is 19.2 Å². The molecule has 4 amide bonds. The van der Waals surface area contributed by atoms with Crippen LogP contribution in [0.1, 0.15) is 19.3 Å². The van der Waals surface area contributed by atoms with Crippen LogP contribution >= 0.6 is 0 Å². The van der Waals surface area contributed by atoms with Gasteiger partial charge in [-0.15, -0.1) is 0 Å². The van der Waals surface area contributed by atoms with Crippen LogP contribution in [0.3, 0.4) is 0 Å². The summed E-state index contributed by atoms with van der Waals surface area (Å²) in [6, 6.07) is -1.04. The maximum Gasteiger partial charge on any atom is 0.406 e. The molecule has 2 atom stereocenters. The van der Waals surface area contributed by atoms with Gasteiger partial charge in [0.1, 0.15) is 13.2 Å². The Bertz CT molecular complexity index is 506. The Morgan fingerprint density at radius 2 is 0.939 bits per heavy atom. The normalized spacial score (nSPS) is 11.7. The number of hydrogen-bond donors (Lipinski definition) is 6. The number of ether oxygens (including phenoxy) is 4. The second kappa shape index (κ2) is 22.5. The molecule has 0 fully saturated rings. The van der Waals surface area contributed by atoms with E-state index in [1.807, 2.05) is 0 Å². The zero-order valence-corrected chi connectivity index (χ0v) is 19.9. The number of hydrogen-bond acceptors (Lipinski definition) is 10. The van der Waals surface area contributed by atoms with Gasteiger partial charge >= 0.3 is 12.2 Å². The number of nitrogens with one attached hydrogen (secondary N) is 4. The lowest BCUT2D eigenvalue weighted by atomic mass is 10.1. The quantitative estimate of drug-likeness (QED) is 0.143. The maximum atomic E-state index is 11.0. The first-order valence-electron chi connectivity index (χ1n) is 10.5. The first-order chi connectivity index (χ1) is 15.7. The monoisotopic (exact) mass is 480 g/mol. The van der Waals surface area contributed by atoms with Crippen molar-refractivity contribution in [2.75, 3.05) is 67.8 Å². The van der Waals surface area contributed by atoms with Crippen LogP contribution < -0.4 is 32.7 Å². The van der Waals surface area contributed by atoms with Crippen molar-refractivity contribution in [3.05, 3.63) is 0 Å². The van der Waals surface area contributed by atoms with Gasteiger partial charge < -0.3 is 51.7 Å². The number of likely N-dealkylation sites (N-methyl/N-ethyl adjacent to an activating group) is 2. The standard InChI is InChI=1S/C10H20N2O6.C9H20N4O2/c1-11-9(13)17-7-5-15-3-4-16-6-8-18-10(14)12-2;1-12-8(14)6(10)4-3-5-7(11)9(15)13-2/h3-8H2,1-2H3,(H,11,13)(H,12,14);6-7H,3-5,10-11H2,1-2H3,(H,12,14)(H,13,15). The van der Waals surface area contributed by atoms with E-state index in [0.717, 1.165) is 0 Å². The smallest absolute Gasteiger partial charge is 0.406 e. The average molecular weight is 481 g/mol. The number of carbonyl (C=O) groups excluding carboxylic acids is 4. The predicted molar refractivity (Wildman–Crippen MR) is 120 cm³/mol. The van der Waals surface area contributed by atoms with Gasteiger partial charge in [0.05, 0.1) is 38.5 Å². The fourth-order valence-electron chi connectivity index (χ4n) is 2.04. The molecule has 2 unspecified atom stereocenters. The minimum absolute atomic E-state index is 0.191. The molecule has 8 N–H and O–H groups in total. The van der Waals surface area contributed by atoms with E-state index in [1.165, 1.54) is 14.1 Å². The van der Waals surface area contributed by atoms with Crippen LogP contribution in [-0.2, 0) is 28.5 Å². The molecule has 0 heterocycles. The van der Waals surface area contributed by atoms with Crippen molar-refractivity contribution in [2.45, 2.75) is 31.3 Å². The Kier molecular flexibility index (Phi) is 22.2. The summed E-state index contributed by atoms with van der Waals surface area (Å²) in [4.78, 5) is 43.3. The van der Waals surface area contributed by atoms with Crippen molar-refractivity contribution in [1.82, 2.24) is 21.3 Å². The Morgan fingerprint density at radius 3 is 1.24 bits per heavy atom. The molecule has 0 aliphatic heterocycles. The van der Waals surface area contributed by atoms with E-state index in [1.54, 1.807) is 14.1 Å². The molecule has 0 radical (unpaired) electrons. The molecule has 14 nitrogen and oxygen atoms in total. The lowest BCUT2D eigenvalue weighted by Crippen LogP contribution is -2.40. The van der Waals surface area contributed by atoms with E-state index in [4.69, 9.17) is 30.4 Å². The summed E-state index contributed by atoms with van der Waals surface area (Å²) >= 11 is 0. The number of alkyl carbamates (subject to hydrolysis) is 2. The van der Waals surface area contributed by atoms with E-state index in [2.05, 4.69) is 21.3 Å². The van der Waals surface area contributed by atoms with Gasteiger partial charge in [-0.05, 0) is 19.3 Å². The van der Waals surface area contributed by atoms with Gasteiger partial charge in [0, 0.05) is 28.2 Å². The first-order valence-corrected chi connectivity index (χ1v) is 10.5. The number of rotatable bonds is 15. The topological polar surface area (TPSA) is 205 Å². The summed E-state index contributed by atoms with van der Waals surface area (Å²) < 4.78 is 19.6. The third-order valence-corrected chi connectivity index (χ3v) is 3.90. The summed E-state index contributed by atoms with van der Waals surface area (Å²) in [5.74, 6) is -0.382. The lowest BCUT2D eigenvalue weighted by molar-refractivity contribution is -0.122. The molecule has 0 saturated heterocycles. The van der Waals surface area contributed by atoms with Gasteiger partial charge in [-0.2, -0.15) is 0 Å². The van der Waals surface area contributed by atoms with E-state index < -0.39 is 24.3 Å². The second-order valence-electron chi connectivity index (χ2n) is 6.37. The summed E-state index contributed by atoms with van der Waals surface area (Å²) in [6.45, 7) is 1.78. The summed E-state index contributed by atoms with van der Waals surface area (Å²) in [6.07, 6.45) is 0.750. The molecule has 0 aliphatic rings. The molecular weight excluding hydrogens is 440 g/mol. The highest BCUT2D eigenvalue weighted by molar-refractivity contribution is 5.81. The van der Waals surface area contributed by atoms with Crippen LogP contribution in [0.4, 0.5) is 9.59 Å². The molecule has 0 rings (SSSR count). The molecule has 0 aromatic heterocycles. The van der Waals surface area contributed by atoms with Gasteiger partial charge in [0.2, 0.25) is 11.8 Å². The third kappa shape index (κ3) is 20.9. The molecule has 0 aromatic carbocycles.